The van der Waals surface area contributed by atoms with Gasteiger partial charge in [0, 0.05) is 49.1 Å². The largest absolute Gasteiger partial charge is 0.456 e. The molecule has 65 heavy (non-hydrogen) atoms. The Hall–Kier alpha value is -8.87. The van der Waals surface area contributed by atoms with Crippen molar-refractivity contribution in [1.82, 2.24) is 24.1 Å². The van der Waals surface area contributed by atoms with Crippen molar-refractivity contribution < 1.29 is 4.42 Å². The predicted octanol–water partition coefficient (Wildman–Crippen LogP) is 15.3. The zero-order chi connectivity index (χ0) is 42.6. The van der Waals surface area contributed by atoms with Gasteiger partial charge in [-0.05, 0) is 94.3 Å². The molecule has 0 aliphatic rings. The van der Waals surface area contributed by atoms with Gasteiger partial charge in [0.25, 0.3) is 0 Å². The van der Waals surface area contributed by atoms with Crippen LogP contribution in [0.1, 0.15) is 0 Å². The highest BCUT2D eigenvalue weighted by Crippen LogP contribution is 2.44. The fraction of sp³-hybridized carbons (Fsp3) is 0. The Morgan fingerprint density at radius 3 is 1.75 bits per heavy atom. The van der Waals surface area contributed by atoms with Gasteiger partial charge in [-0.25, -0.2) is 15.0 Å². The van der Waals surface area contributed by atoms with Gasteiger partial charge in [-0.1, -0.05) is 140 Å². The van der Waals surface area contributed by atoms with E-state index in [9.17, 15) is 0 Å². The fourth-order valence-corrected chi connectivity index (χ4v) is 10.3. The topological polar surface area (TPSA) is 61.7 Å². The molecule has 6 nitrogen and oxygen atoms in total. The van der Waals surface area contributed by atoms with E-state index >= 15 is 0 Å². The number of rotatable bonds is 5. The van der Waals surface area contributed by atoms with Crippen LogP contribution in [0.3, 0.4) is 0 Å². The highest BCUT2D eigenvalue weighted by Gasteiger charge is 2.25. The van der Waals surface area contributed by atoms with Crippen LogP contribution in [0.25, 0.3) is 133 Å². The molecule has 0 spiro atoms. The van der Waals surface area contributed by atoms with Crippen molar-refractivity contribution in [3.63, 3.8) is 0 Å². The number of aromatic nitrogens is 5. The van der Waals surface area contributed by atoms with E-state index in [0.29, 0.717) is 17.5 Å². The average molecular weight is 830 g/mol. The van der Waals surface area contributed by atoms with Gasteiger partial charge in [0.05, 0.1) is 33.3 Å². The summed E-state index contributed by atoms with van der Waals surface area (Å²) in [7, 11) is 0. The average Bonchev–Trinajstić information content (AvgIpc) is 4.02. The van der Waals surface area contributed by atoms with Gasteiger partial charge in [-0.3, -0.25) is 0 Å². The lowest BCUT2D eigenvalue weighted by molar-refractivity contribution is 0.669. The van der Waals surface area contributed by atoms with E-state index in [2.05, 4.69) is 209 Å². The molecule has 0 N–H and O–H groups in total. The molecule has 0 radical (unpaired) electrons. The molecule has 14 rings (SSSR count). The molecule has 0 aliphatic carbocycles. The SMILES string of the molecule is c1ccc(-n2c3ccccc3c3cc(-c4nc(-c5cccc6ccccc56)nc(-c5c(-n6c7ccccc7c7cc8ccccc8cc76)ccc6oc7ccccc7c56)n4)ccc32)cc1. The number of benzene rings is 10. The van der Waals surface area contributed by atoms with Gasteiger partial charge in [0.1, 0.15) is 11.2 Å². The summed E-state index contributed by atoms with van der Waals surface area (Å²) in [6.07, 6.45) is 0. The number of furan rings is 1. The Morgan fingerprint density at radius 1 is 0.338 bits per heavy atom. The monoisotopic (exact) mass is 829 g/mol. The van der Waals surface area contributed by atoms with Gasteiger partial charge in [-0.2, -0.15) is 0 Å². The summed E-state index contributed by atoms with van der Waals surface area (Å²) in [5, 5.41) is 11.1. The molecule has 0 bridgehead atoms. The molecule has 0 saturated heterocycles. The summed E-state index contributed by atoms with van der Waals surface area (Å²) < 4.78 is 11.4. The second kappa shape index (κ2) is 13.8. The van der Waals surface area contributed by atoms with Gasteiger partial charge in [0.2, 0.25) is 0 Å². The Morgan fingerprint density at radius 2 is 0.938 bits per heavy atom. The van der Waals surface area contributed by atoms with Crippen molar-refractivity contribution in [1.29, 1.82) is 0 Å². The maximum atomic E-state index is 6.65. The number of hydrogen-bond donors (Lipinski definition) is 0. The normalized spacial score (nSPS) is 12.0. The standard InChI is InChI=1S/C59H35N5O/c1-2-19-40(20-3-1)63-48-26-11-8-22-42(48)46-34-39(29-30-50(46)63)57-60-58(44-25-14-18-36-15-6-7-21-41(36)44)62-59(61-57)56-51(31-32-54-55(56)45-24-10-13-28-53(45)65-54)64-49-27-12-9-23-43(49)47-33-37-16-4-5-17-38(37)35-52(47)64/h1-35H. The number of hydrogen-bond acceptors (Lipinski definition) is 4. The first-order valence-electron chi connectivity index (χ1n) is 21.9. The molecular weight excluding hydrogens is 795 g/mol. The molecule has 0 fully saturated rings. The van der Waals surface area contributed by atoms with Crippen LogP contribution in [0.2, 0.25) is 0 Å². The molecule has 4 heterocycles. The third-order valence-electron chi connectivity index (χ3n) is 13.1. The summed E-state index contributed by atoms with van der Waals surface area (Å²) in [6.45, 7) is 0. The summed E-state index contributed by atoms with van der Waals surface area (Å²) in [5.41, 5.74) is 10.8. The van der Waals surface area contributed by atoms with Crippen LogP contribution >= 0.6 is 0 Å². The Labute approximate surface area is 371 Å². The van der Waals surface area contributed by atoms with Gasteiger partial charge >= 0.3 is 0 Å². The molecule has 302 valence electrons. The lowest BCUT2D eigenvalue weighted by atomic mass is 10.0. The Balaban J connectivity index is 1.11. The summed E-state index contributed by atoms with van der Waals surface area (Å²) in [5.74, 6) is 1.74. The minimum Gasteiger partial charge on any atom is -0.456 e. The van der Waals surface area contributed by atoms with Crippen molar-refractivity contribution in [2.24, 2.45) is 0 Å². The molecule has 0 amide bonds. The molecule has 0 aliphatic heterocycles. The van der Waals surface area contributed by atoms with Crippen LogP contribution in [0.5, 0.6) is 0 Å². The van der Waals surface area contributed by atoms with Crippen LogP contribution in [0.15, 0.2) is 217 Å². The molecule has 0 saturated carbocycles. The minimum absolute atomic E-state index is 0.559. The van der Waals surface area contributed by atoms with Crippen molar-refractivity contribution in [3.8, 4) is 45.5 Å². The zero-order valence-electron chi connectivity index (χ0n) is 34.9. The molecule has 14 aromatic rings. The molecule has 6 heteroatoms. The quantitative estimate of drug-likeness (QED) is 0.173. The maximum absolute atomic E-state index is 6.65. The van der Waals surface area contributed by atoms with Gasteiger partial charge in [-0.15, -0.1) is 0 Å². The fourth-order valence-electron chi connectivity index (χ4n) is 10.3. The van der Waals surface area contributed by atoms with Crippen LogP contribution < -0.4 is 0 Å². The highest BCUT2D eigenvalue weighted by atomic mass is 16.3. The van der Waals surface area contributed by atoms with Crippen molar-refractivity contribution in [2.75, 3.05) is 0 Å². The summed E-state index contributed by atoms with van der Waals surface area (Å²) >= 11 is 0. The Kier molecular flexibility index (Phi) is 7.59. The van der Waals surface area contributed by atoms with Gasteiger partial charge < -0.3 is 13.6 Å². The van der Waals surface area contributed by atoms with E-state index in [-0.39, 0.29) is 0 Å². The molecule has 10 aromatic carbocycles. The third-order valence-corrected chi connectivity index (χ3v) is 13.1. The number of nitrogens with zero attached hydrogens (tertiary/aromatic N) is 5. The summed E-state index contributed by atoms with van der Waals surface area (Å²) in [6, 6.07) is 75.0. The third kappa shape index (κ3) is 5.38. The number of para-hydroxylation sites is 4. The van der Waals surface area contributed by atoms with Crippen LogP contribution in [0, 0.1) is 0 Å². The second-order valence-corrected chi connectivity index (χ2v) is 16.8. The maximum Gasteiger partial charge on any atom is 0.166 e. The van der Waals surface area contributed by atoms with E-state index in [0.717, 1.165) is 93.6 Å². The van der Waals surface area contributed by atoms with Crippen molar-refractivity contribution >= 4 is 87.1 Å². The van der Waals surface area contributed by atoms with E-state index in [1.807, 2.05) is 12.1 Å². The molecule has 0 atom stereocenters. The minimum atomic E-state index is 0.559. The zero-order valence-corrected chi connectivity index (χ0v) is 34.9. The molecule has 0 unspecified atom stereocenters. The molecule has 4 aromatic heterocycles. The lowest BCUT2D eigenvalue weighted by Crippen LogP contribution is -2.04. The predicted molar refractivity (Wildman–Crippen MR) is 267 cm³/mol. The van der Waals surface area contributed by atoms with Gasteiger partial charge in [0.15, 0.2) is 17.5 Å². The smallest absolute Gasteiger partial charge is 0.166 e. The first-order chi connectivity index (χ1) is 32.2. The van der Waals surface area contributed by atoms with E-state index in [1.54, 1.807) is 0 Å². The Bertz CT molecular complexity index is 4250. The highest BCUT2D eigenvalue weighted by molar-refractivity contribution is 6.18. The van der Waals surface area contributed by atoms with Crippen molar-refractivity contribution in [3.05, 3.63) is 212 Å². The van der Waals surface area contributed by atoms with Crippen LogP contribution in [-0.4, -0.2) is 24.1 Å². The first-order valence-corrected chi connectivity index (χ1v) is 21.9. The van der Waals surface area contributed by atoms with Crippen LogP contribution in [-0.2, 0) is 0 Å². The van der Waals surface area contributed by atoms with E-state index < -0.39 is 0 Å². The number of fused-ring (bicyclic) bond motifs is 11. The summed E-state index contributed by atoms with van der Waals surface area (Å²) in [4.78, 5) is 16.5. The van der Waals surface area contributed by atoms with E-state index in [1.165, 1.54) is 21.5 Å². The lowest BCUT2D eigenvalue weighted by Gasteiger charge is -2.16. The molecular formula is C59H35N5O. The second-order valence-electron chi connectivity index (χ2n) is 16.8. The van der Waals surface area contributed by atoms with E-state index in [4.69, 9.17) is 19.4 Å². The van der Waals surface area contributed by atoms with Crippen molar-refractivity contribution in [2.45, 2.75) is 0 Å². The van der Waals surface area contributed by atoms with Crippen LogP contribution in [0.4, 0.5) is 0 Å². The first kappa shape index (κ1) is 35.7.